The molecular formula is C16H18N6O4. The van der Waals surface area contributed by atoms with Gasteiger partial charge in [0, 0.05) is 5.69 Å². The molecule has 0 bridgehead atoms. The first-order valence-electron chi connectivity index (χ1n) is 8.03. The van der Waals surface area contributed by atoms with Gasteiger partial charge in [0.25, 0.3) is 0 Å². The molecule has 26 heavy (non-hydrogen) atoms. The fourth-order valence-electron chi connectivity index (χ4n) is 2.94. The highest BCUT2D eigenvalue weighted by atomic mass is 16.6. The van der Waals surface area contributed by atoms with Crippen molar-refractivity contribution < 1.29 is 20.1 Å². The van der Waals surface area contributed by atoms with Gasteiger partial charge in [0.05, 0.1) is 12.9 Å². The number of imidazole rings is 1. The predicted molar refractivity (Wildman–Crippen MR) is 92.5 cm³/mol. The molecule has 2 aromatic heterocycles. The van der Waals surface area contributed by atoms with E-state index in [-0.39, 0.29) is 11.8 Å². The normalized spacial score (nSPS) is 25.7. The molecule has 0 spiro atoms. The number of benzene rings is 1. The van der Waals surface area contributed by atoms with E-state index in [2.05, 4.69) is 20.3 Å². The highest BCUT2D eigenvalue weighted by Crippen LogP contribution is 2.32. The number of aliphatic hydroxyl groups excluding tert-OH is 3. The van der Waals surface area contributed by atoms with Crippen LogP contribution in [0.1, 0.15) is 6.23 Å². The molecule has 0 saturated carbocycles. The van der Waals surface area contributed by atoms with Crippen molar-refractivity contribution in [3.05, 3.63) is 36.7 Å². The zero-order chi connectivity index (χ0) is 18.3. The van der Waals surface area contributed by atoms with Crippen molar-refractivity contribution >= 4 is 28.6 Å². The van der Waals surface area contributed by atoms with Crippen molar-refractivity contribution in [2.75, 3.05) is 17.7 Å². The molecule has 136 valence electrons. The number of hydrogen-bond acceptors (Lipinski definition) is 9. The van der Waals surface area contributed by atoms with Crippen molar-refractivity contribution in [3.63, 3.8) is 0 Å². The second-order valence-corrected chi connectivity index (χ2v) is 5.98. The fraction of sp³-hybridized carbons (Fsp3) is 0.312. The summed E-state index contributed by atoms with van der Waals surface area (Å²) in [5.41, 5.74) is 7.45. The van der Waals surface area contributed by atoms with Gasteiger partial charge >= 0.3 is 0 Å². The summed E-state index contributed by atoms with van der Waals surface area (Å²) in [6, 6.07) is 9.34. The van der Waals surface area contributed by atoms with Crippen LogP contribution in [0.5, 0.6) is 0 Å². The lowest BCUT2D eigenvalue weighted by atomic mass is 10.1. The molecule has 1 fully saturated rings. The number of rotatable bonds is 4. The molecule has 1 aromatic carbocycles. The van der Waals surface area contributed by atoms with Crippen LogP contribution in [0, 0.1) is 0 Å². The van der Waals surface area contributed by atoms with Gasteiger partial charge in [-0.3, -0.25) is 4.57 Å². The zero-order valence-electron chi connectivity index (χ0n) is 13.6. The van der Waals surface area contributed by atoms with Crippen LogP contribution < -0.4 is 11.1 Å². The highest BCUT2D eigenvalue weighted by molar-refractivity contribution is 5.83. The monoisotopic (exact) mass is 358 g/mol. The van der Waals surface area contributed by atoms with Crippen LogP contribution in [0.3, 0.4) is 0 Å². The van der Waals surface area contributed by atoms with Gasteiger partial charge < -0.3 is 31.1 Å². The van der Waals surface area contributed by atoms with Crippen LogP contribution >= 0.6 is 0 Å². The Kier molecular flexibility index (Phi) is 4.17. The van der Waals surface area contributed by atoms with Crippen LogP contribution in [0.15, 0.2) is 36.7 Å². The Morgan fingerprint density at radius 3 is 2.62 bits per heavy atom. The molecule has 3 aromatic rings. The lowest BCUT2D eigenvalue weighted by Gasteiger charge is -2.16. The van der Waals surface area contributed by atoms with Crippen molar-refractivity contribution in [2.24, 2.45) is 0 Å². The number of nitrogens with one attached hydrogen (secondary N) is 1. The fourth-order valence-corrected chi connectivity index (χ4v) is 2.94. The molecule has 4 rings (SSSR count). The molecule has 2 unspecified atom stereocenters. The lowest BCUT2D eigenvalue weighted by molar-refractivity contribution is -0.0511. The van der Waals surface area contributed by atoms with Gasteiger partial charge in [0.15, 0.2) is 17.7 Å². The van der Waals surface area contributed by atoms with Gasteiger partial charge in [-0.1, -0.05) is 18.2 Å². The van der Waals surface area contributed by atoms with Crippen LogP contribution in [0.4, 0.5) is 17.5 Å². The highest BCUT2D eigenvalue weighted by Gasteiger charge is 2.44. The minimum atomic E-state index is -1.24. The van der Waals surface area contributed by atoms with E-state index in [1.807, 2.05) is 30.3 Å². The summed E-state index contributed by atoms with van der Waals surface area (Å²) in [4.78, 5) is 12.8. The maximum absolute atomic E-state index is 10.2. The molecule has 0 radical (unpaired) electrons. The topological polar surface area (TPSA) is 152 Å². The van der Waals surface area contributed by atoms with Crippen LogP contribution in [-0.2, 0) is 4.74 Å². The van der Waals surface area contributed by atoms with E-state index >= 15 is 0 Å². The van der Waals surface area contributed by atoms with Crippen molar-refractivity contribution in [3.8, 4) is 0 Å². The number of para-hydroxylation sites is 1. The maximum Gasteiger partial charge on any atom is 0.231 e. The van der Waals surface area contributed by atoms with E-state index in [0.717, 1.165) is 5.69 Å². The van der Waals surface area contributed by atoms with Crippen LogP contribution in [0.2, 0.25) is 0 Å². The summed E-state index contributed by atoms with van der Waals surface area (Å²) < 4.78 is 7.00. The Morgan fingerprint density at radius 1 is 1.15 bits per heavy atom. The number of nitrogens with zero attached hydrogens (tertiary/aromatic N) is 4. The van der Waals surface area contributed by atoms with Crippen LogP contribution in [0.25, 0.3) is 11.2 Å². The third-order valence-corrected chi connectivity index (χ3v) is 4.27. The second-order valence-electron chi connectivity index (χ2n) is 5.98. The number of nitrogens with two attached hydrogens (primary N) is 1. The Bertz CT molecular complexity index is 918. The van der Waals surface area contributed by atoms with E-state index in [9.17, 15) is 15.3 Å². The van der Waals surface area contributed by atoms with Crippen molar-refractivity contribution in [1.82, 2.24) is 19.5 Å². The van der Waals surface area contributed by atoms with E-state index in [0.29, 0.717) is 11.2 Å². The zero-order valence-corrected chi connectivity index (χ0v) is 13.6. The second kappa shape index (κ2) is 6.50. The quantitative estimate of drug-likeness (QED) is 0.425. The Morgan fingerprint density at radius 2 is 1.92 bits per heavy atom. The standard InChI is InChI=1S/C16H18N6O4/c17-13-10-14(21-16(20-13)19-8-4-2-1-3-5-8)22(7-18-10)15-12(25)11(24)9(6-23)26-15/h1-5,7,9,11-12,15,23-25H,6H2,(H3,17,19,20,21)/t9-,11?,12?,15-/m1/s1. The summed E-state index contributed by atoms with van der Waals surface area (Å²) in [5, 5.41) is 32.5. The minimum absolute atomic E-state index is 0.166. The summed E-state index contributed by atoms with van der Waals surface area (Å²) >= 11 is 0. The van der Waals surface area contributed by atoms with Gasteiger partial charge in [0.2, 0.25) is 5.95 Å². The minimum Gasteiger partial charge on any atom is -0.394 e. The molecule has 6 N–H and O–H groups in total. The average molecular weight is 358 g/mol. The van der Waals surface area contributed by atoms with E-state index in [1.165, 1.54) is 10.9 Å². The van der Waals surface area contributed by atoms with Gasteiger partial charge in [0.1, 0.15) is 23.8 Å². The van der Waals surface area contributed by atoms with E-state index in [4.69, 9.17) is 10.5 Å². The number of hydrogen-bond donors (Lipinski definition) is 5. The predicted octanol–water partition coefficient (Wildman–Crippen LogP) is -0.236. The van der Waals surface area contributed by atoms with Gasteiger partial charge in [-0.2, -0.15) is 9.97 Å². The number of aliphatic hydroxyl groups is 3. The number of anilines is 3. The Labute approximate surface area is 147 Å². The van der Waals surface area contributed by atoms with Crippen molar-refractivity contribution in [1.29, 1.82) is 0 Å². The summed E-state index contributed by atoms with van der Waals surface area (Å²) in [7, 11) is 0. The molecule has 1 aliphatic rings. The van der Waals surface area contributed by atoms with Crippen LogP contribution in [-0.4, -0.2) is 59.8 Å². The summed E-state index contributed by atoms with van der Waals surface area (Å²) in [5.74, 6) is 0.425. The molecule has 1 saturated heterocycles. The first kappa shape index (κ1) is 16.7. The summed E-state index contributed by atoms with van der Waals surface area (Å²) in [6.07, 6.45) is -2.91. The maximum atomic E-state index is 10.2. The third kappa shape index (κ3) is 2.74. The first-order valence-corrected chi connectivity index (χ1v) is 8.03. The molecular weight excluding hydrogens is 340 g/mol. The largest absolute Gasteiger partial charge is 0.394 e. The number of fused-ring (bicyclic) bond motifs is 1. The molecule has 10 nitrogen and oxygen atoms in total. The molecule has 3 heterocycles. The molecule has 0 aliphatic carbocycles. The smallest absolute Gasteiger partial charge is 0.231 e. The molecule has 1 aliphatic heterocycles. The van der Waals surface area contributed by atoms with E-state index in [1.54, 1.807) is 0 Å². The van der Waals surface area contributed by atoms with Crippen molar-refractivity contribution in [2.45, 2.75) is 24.5 Å². The number of aromatic nitrogens is 4. The van der Waals surface area contributed by atoms with E-state index < -0.39 is 31.1 Å². The molecule has 10 heteroatoms. The van der Waals surface area contributed by atoms with Gasteiger partial charge in [-0.15, -0.1) is 0 Å². The van der Waals surface area contributed by atoms with Gasteiger partial charge in [-0.25, -0.2) is 4.98 Å². The number of nitrogen functional groups attached to an aromatic ring is 1. The average Bonchev–Trinajstić information content (AvgIpc) is 3.18. The first-order chi connectivity index (χ1) is 12.6. The molecule has 0 amide bonds. The summed E-state index contributed by atoms with van der Waals surface area (Å²) in [6.45, 7) is -0.417. The lowest BCUT2D eigenvalue weighted by Crippen LogP contribution is -2.33. The Balaban J connectivity index is 1.73. The SMILES string of the molecule is Nc1nc(Nc2ccccc2)nc2c1ncn2[C@@H]1O[C@H](CO)C(O)C1O. The van der Waals surface area contributed by atoms with Gasteiger partial charge in [-0.05, 0) is 12.1 Å². The third-order valence-electron chi connectivity index (χ3n) is 4.27. The Hall–Kier alpha value is -2.79. The number of ether oxygens (including phenoxy) is 1. The molecule has 4 atom stereocenters.